The van der Waals surface area contributed by atoms with Gasteiger partial charge in [0.2, 0.25) is 0 Å². The third-order valence-corrected chi connectivity index (χ3v) is 2.93. The van der Waals surface area contributed by atoms with Crippen molar-refractivity contribution >= 4 is 0 Å². The summed E-state index contributed by atoms with van der Waals surface area (Å²) in [5, 5.41) is 12.5. The van der Waals surface area contributed by atoms with Crippen molar-refractivity contribution in [3.8, 4) is 0 Å². The third-order valence-electron chi connectivity index (χ3n) is 2.93. The van der Waals surface area contributed by atoms with E-state index >= 15 is 0 Å². The summed E-state index contributed by atoms with van der Waals surface area (Å²) in [7, 11) is 2.00. The topological polar surface area (TPSA) is 50.1 Å². The van der Waals surface area contributed by atoms with Crippen LogP contribution in [0.5, 0.6) is 0 Å². The van der Waals surface area contributed by atoms with Crippen LogP contribution in [-0.2, 0) is 13.5 Å². The first-order valence-electron chi connectivity index (χ1n) is 5.08. The van der Waals surface area contributed by atoms with Gasteiger partial charge in [0.15, 0.2) is 0 Å². The number of nitrogens with one attached hydrogen (secondary N) is 1. The molecule has 1 aliphatic rings. The summed E-state index contributed by atoms with van der Waals surface area (Å²) in [6.07, 6.45) is 6.89. The van der Waals surface area contributed by atoms with Gasteiger partial charge in [-0.15, -0.1) is 0 Å². The molecule has 2 N–H and O–H groups in total. The van der Waals surface area contributed by atoms with Crippen molar-refractivity contribution in [2.75, 3.05) is 13.2 Å². The monoisotopic (exact) mass is 195 g/mol. The number of aromatic nitrogens is 2. The number of aliphatic hydroxyl groups is 1. The molecule has 1 heterocycles. The molecule has 0 radical (unpaired) electrons. The summed E-state index contributed by atoms with van der Waals surface area (Å²) in [5.41, 5.74) is 0.0468. The molecular weight excluding hydrogens is 178 g/mol. The molecule has 4 heteroatoms. The molecule has 0 atom stereocenters. The Morgan fingerprint density at radius 2 is 2.43 bits per heavy atom. The standard InChI is InChI=1S/C10H17N3O/c1-13-7-6-11-9(13)2-5-12-10(8-14)3-4-10/h6-7,12,14H,2-5,8H2,1H3. The SMILES string of the molecule is Cn1ccnc1CCNC1(CO)CC1. The van der Waals surface area contributed by atoms with E-state index in [0.29, 0.717) is 0 Å². The molecule has 0 spiro atoms. The molecule has 4 nitrogen and oxygen atoms in total. The van der Waals surface area contributed by atoms with E-state index in [2.05, 4.69) is 10.3 Å². The van der Waals surface area contributed by atoms with Crippen molar-refractivity contribution in [3.63, 3.8) is 0 Å². The van der Waals surface area contributed by atoms with Gasteiger partial charge in [-0.1, -0.05) is 0 Å². The highest BCUT2D eigenvalue weighted by Gasteiger charge is 2.41. The van der Waals surface area contributed by atoms with E-state index in [1.807, 2.05) is 24.0 Å². The highest BCUT2D eigenvalue weighted by atomic mass is 16.3. The minimum absolute atomic E-state index is 0.0468. The van der Waals surface area contributed by atoms with Crippen LogP contribution < -0.4 is 5.32 Å². The van der Waals surface area contributed by atoms with Crippen LogP contribution in [0.15, 0.2) is 12.4 Å². The summed E-state index contributed by atoms with van der Waals surface area (Å²) >= 11 is 0. The summed E-state index contributed by atoms with van der Waals surface area (Å²) in [5.74, 6) is 1.09. The van der Waals surface area contributed by atoms with Crippen molar-refractivity contribution in [2.45, 2.75) is 24.8 Å². The first-order valence-corrected chi connectivity index (χ1v) is 5.08. The Bertz CT molecular complexity index is 304. The maximum Gasteiger partial charge on any atom is 0.109 e. The van der Waals surface area contributed by atoms with Crippen LogP contribution in [0.1, 0.15) is 18.7 Å². The van der Waals surface area contributed by atoms with E-state index in [1.165, 1.54) is 0 Å². The first-order chi connectivity index (χ1) is 6.76. The predicted octanol–water partition coefficient (Wildman–Crippen LogP) is 0.0771. The largest absolute Gasteiger partial charge is 0.394 e. The minimum atomic E-state index is 0.0468. The van der Waals surface area contributed by atoms with Gasteiger partial charge in [0.05, 0.1) is 6.61 Å². The first kappa shape index (κ1) is 9.68. The second-order valence-electron chi connectivity index (χ2n) is 4.07. The number of rotatable bonds is 5. The molecule has 0 saturated heterocycles. The Morgan fingerprint density at radius 1 is 1.64 bits per heavy atom. The van der Waals surface area contributed by atoms with Crippen molar-refractivity contribution < 1.29 is 5.11 Å². The van der Waals surface area contributed by atoms with Crippen LogP contribution in [0.25, 0.3) is 0 Å². The number of aliphatic hydroxyl groups excluding tert-OH is 1. The molecule has 1 saturated carbocycles. The fourth-order valence-corrected chi connectivity index (χ4v) is 1.62. The van der Waals surface area contributed by atoms with Gasteiger partial charge < -0.3 is 15.0 Å². The highest BCUT2D eigenvalue weighted by Crippen LogP contribution is 2.34. The molecular formula is C10H17N3O. The molecule has 1 aromatic rings. The fraction of sp³-hybridized carbons (Fsp3) is 0.700. The summed E-state index contributed by atoms with van der Waals surface area (Å²) < 4.78 is 2.03. The normalized spacial score (nSPS) is 18.4. The molecule has 0 amide bonds. The lowest BCUT2D eigenvalue weighted by Crippen LogP contribution is -2.36. The van der Waals surface area contributed by atoms with Crippen LogP contribution in [0.4, 0.5) is 0 Å². The van der Waals surface area contributed by atoms with Crippen LogP contribution in [0.2, 0.25) is 0 Å². The van der Waals surface area contributed by atoms with Crippen molar-refractivity contribution in [1.29, 1.82) is 0 Å². The average molecular weight is 195 g/mol. The number of aryl methyl sites for hydroxylation is 1. The lowest BCUT2D eigenvalue weighted by atomic mass is 10.3. The van der Waals surface area contributed by atoms with Crippen molar-refractivity contribution in [1.82, 2.24) is 14.9 Å². The van der Waals surface area contributed by atoms with E-state index in [9.17, 15) is 0 Å². The molecule has 78 valence electrons. The van der Waals surface area contributed by atoms with Crippen LogP contribution in [0.3, 0.4) is 0 Å². The number of imidazole rings is 1. The molecule has 0 aliphatic heterocycles. The molecule has 14 heavy (non-hydrogen) atoms. The predicted molar refractivity (Wildman–Crippen MR) is 54.0 cm³/mol. The van der Waals surface area contributed by atoms with Gasteiger partial charge >= 0.3 is 0 Å². The van der Waals surface area contributed by atoms with Crippen molar-refractivity contribution in [2.24, 2.45) is 7.05 Å². The zero-order chi connectivity index (χ0) is 10.0. The van der Waals surface area contributed by atoms with Gasteiger partial charge in [0.25, 0.3) is 0 Å². The van der Waals surface area contributed by atoms with E-state index < -0.39 is 0 Å². The second-order valence-corrected chi connectivity index (χ2v) is 4.07. The molecule has 1 aliphatic carbocycles. The molecule has 0 bridgehead atoms. The summed E-state index contributed by atoms with van der Waals surface area (Å²) in [6.45, 7) is 1.15. The van der Waals surface area contributed by atoms with Gasteiger partial charge in [-0.2, -0.15) is 0 Å². The number of hydrogen-bond donors (Lipinski definition) is 2. The second kappa shape index (κ2) is 3.71. The lowest BCUT2D eigenvalue weighted by molar-refractivity contribution is 0.231. The number of nitrogens with zero attached hydrogens (tertiary/aromatic N) is 2. The average Bonchev–Trinajstić information content (AvgIpc) is 2.86. The molecule has 0 aromatic carbocycles. The Labute approximate surface area is 84.0 Å². The van der Waals surface area contributed by atoms with E-state index in [-0.39, 0.29) is 12.1 Å². The van der Waals surface area contributed by atoms with Gasteiger partial charge in [-0.05, 0) is 12.8 Å². The quantitative estimate of drug-likeness (QED) is 0.699. The lowest BCUT2D eigenvalue weighted by Gasteiger charge is -2.13. The Hall–Kier alpha value is -0.870. The van der Waals surface area contributed by atoms with Gasteiger partial charge in [-0.3, -0.25) is 0 Å². The molecule has 0 unspecified atom stereocenters. The maximum absolute atomic E-state index is 9.08. The maximum atomic E-state index is 9.08. The van der Waals surface area contributed by atoms with E-state index in [4.69, 9.17) is 5.11 Å². The molecule has 1 aromatic heterocycles. The molecule has 2 rings (SSSR count). The minimum Gasteiger partial charge on any atom is -0.394 e. The van der Waals surface area contributed by atoms with Gasteiger partial charge in [0.1, 0.15) is 5.82 Å². The highest BCUT2D eigenvalue weighted by molar-refractivity contribution is 5.02. The summed E-state index contributed by atoms with van der Waals surface area (Å²) in [4.78, 5) is 4.24. The molecule has 1 fully saturated rings. The van der Waals surface area contributed by atoms with Crippen LogP contribution in [-0.4, -0.2) is 33.3 Å². The zero-order valence-electron chi connectivity index (χ0n) is 8.53. The van der Waals surface area contributed by atoms with E-state index in [1.54, 1.807) is 0 Å². The number of hydrogen-bond acceptors (Lipinski definition) is 3. The van der Waals surface area contributed by atoms with Gasteiger partial charge in [0, 0.05) is 37.9 Å². The van der Waals surface area contributed by atoms with E-state index in [0.717, 1.165) is 31.6 Å². The van der Waals surface area contributed by atoms with Crippen LogP contribution in [0, 0.1) is 0 Å². The Balaban J connectivity index is 1.76. The van der Waals surface area contributed by atoms with Gasteiger partial charge in [-0.25, -0.2) is 4.98 Å². The van der Waals surface area contributed by atoms with Crippen LogP contribution >= 0.6 is 0 Å². The zero-order valence-corrected chi connectivity index (χ0v) is 8.53. The smallest absolute Gasteiger partial charge is 0.109 e. The summed E-state index contributed by atoms with van der Waals surface area (Å²) in [6, 6.07) is 0. The van der Waals surface area contributed by atoms with Crippen molar-refractivity contribution in [3.05, 3.63) is 18.2 Å². The Kier molecular flexibility index (Phi) is 2.56. The third kappa shape index (κ3) is 1.96. The Morgan fingerprint density at radius 3 is 2.93 bits per heavy atom. The fourth-order valence-electron chi connectivity index (χ4n) is 1.62.